The summed E-state index contributed by atoms with van der Waals surface area (Å²) in [6, 6.07) is 5.62. The van der Waals surface area contributed by atoms with Gasteiger partial charge in [-0.05, 0) is 39.8 Å². The van der Waals surface area contributed by atoms with Crippen LogP contribution in [0.15, 0.2) is 24.4 Å². The normalized spacial score (nSPS) is 11.5. The zero-order valence-electron chi connectivity index (χ0n) is 13.3. The first kappa shape index (κ1) is 16.6. The predicted molar refractivity (Wildman–Crippen MR) is 88.0 cm³/mol. The van der Waals surface area contributed by atoms with Gasteiger partial charge in [0.1, 0.15) is 9.88 Å². The number of thiazole rings is 1. The van der Waals surface area contributed by atoms with E-state index >= 15 is 0 Å². The van der Waals surface area contributed by atoms with Crippen molar-refractivity contribution in [3.05, 3.63) is 35.0 Å². The van der Waals surface area contributed by atoms with Gasteiger partial charge in [0.25, 0.3) is 5.91 Å². The lowest BCUT2D eigenvalue weighted by Gasteiger charge is -2.27. The molecule has 0 atom stereocenters. The van der Waals surface area contributed by atoms with Gasteiger partial charge in [0.05, 0.1) is 17.0 Å². The van der Waals surface area contributed by atoms with Gasteiger partial charge in [0.15, 0.2) is 0 Å². The van der Waals surface area contributed by atoms with Gasteiger partial charge in [0.2, 0.25) is 0 Å². The Morgan fingerprint density at radius 1 is 1.41 bits per heavy atom. The quantitative estimate of drug-likeness (QED) is 0.920. The fourth-order valence-corrected chi connectivity index (χ4v) is 3.14. The molecule has 6 heteroatoms. The van der Waals surface area contributed by atoms with Crippen molar-refractivity contribution in [2.45, 2.75) is 33.3 Å². The Bertz CT molecular complexity index is 647. The first-order valence-electron chi connectivity index (χ1n) is 7.22. The van der Waals surface area contributed by atoms with Crippen LogP contribution in [-0.4, -0.2) is 44.6 Å². The molecule has 0 saturated heterocycles. The van der Waals surface area contributed by atoms with Crippen molar-refractivity contribution >= 4 is 17.2 Å². The Labute approximate surface area is 134 Å². The highest BCUT2D eigenvalue weighted by Gasteiger charge is 2.25. The molecule has 0 aliphatic carbocycles. The fourth-order valence-electron chi connectivity index (χ4n) is 2.13. The van der Waals surface area contributed by atoms with Gasteiger partial charge in [-0.15, -0.1) is 11.3 Å². The zero-order chi connectivity index (χ0) is 16.3. The molecule has 0 aliphatic heterocycles. The number of aryl methyl sites for hydroxylation is 1. The maximum absolute atomic E-state index is 12.7. The van der Waals surface area contributed by atoms with Gasteiger partial charge in [-0.25, -0.2) is 4.98 Å². The Kier molecular flexibility index (Phi) is 4.93. The number of rotatable bonds is 5. The van der Waals surface area contributed by atoms with Crippen molar-refractivity contribution in [1.29, 1.82) is 0 Å². The summed E-state index contributed by atoms with van der Waals surface area (Å²) in [6.45, 7) is 7.95. The third-order valence-electron chi connectivity index (χ3n) is 3.12. The van der Waals surface area contributed by atoms with Crippen LogP contribution in [0, 0.1) is 6.92 Å². The molecule has 0 fully saturated rings. The summed E-state index contributed by atoms with van der Waals surface area (Å²) in [4.78, 5) is 23.7. The summed E-state index contributed by atoms with van der Waals surface area (Å²) in [7, 11) is 0. The number of aliphatic hydroxyl groups is 1. The van der Waals surface area contributed by atoms with Crippen molar-refractivity contribution in [1.82, 2.24) is 14.9 Å². The van der Waals surface area contributed by atoms with Crippen molar-refractivity contribution in [2.24, 2.45) is 0 Å². The van der Waals surface area contributed by atoms with Crippen molar-refractivity contribution < 1.29 is 9.90 Å². The summed E-state index contributed by atoms with van der Waals surface area (Å²) >= 11 is 1.34. The molecule has 2 heterocycles. The topological polar surface area (TPSA) is 66.3 Å². The highest BCUT2D eigenvalue weighted by molar-refractivity contribution is 7.17. The number of hydrogen-bond donors (Lipinski definition) is 1. The molecule has 1 amide bonds. The molecule has 2 rings (SSSR count). The van der Waals surface area contributed by atoms with Crippen molar-refractivity contribution in [2.75, 3.05) is 13.1 Å². The van der Waals surface area contributed by atoms with Gasteiger partial charge in [-0.3, -0.25) is 9.78 Å². The van der Waals surface area contributed by atoms with E-state index in [0.29, 0.717) is 23.7 Å². The van der Waals surface area contributed by atoms with Crippen LogP contribution < -0.4 is 0 Å². The molecule has 0 saturated carbocycles. The molecule has 0 unspecified atom stereocenters. The number of pyridine rings is 1. The molecule has 5 nitrogen and oxygen atoms in total. The smallest absolute Gasteiger partial charge is 0.265 e. The summed E-state index contributed by atoms with van der Waals surface area (Å²) in [5.41, 5.74) is 0.540. The second kappa shape index (κ2) is 6.54. The highest BCUT2D eigenvalue weighted by atomic mass is 32.1. The lowest BCUT2D eigenvalue weighted by atomic mass is 10.1. The van der Waals surface area contributed by atoms with E-state index in [-0.39, 0.29) is 5.91 Å². The number of amides is 1. The van der Waals surface area contributed by atoms with Crippen LogP contribution in [0.2, 0.25) is 0 Å². The number of carbonyl (C=O) groups excluding carboxylic acids is 1. The summed E-state index contributed by atoms with van der Waals surface area (Å²) in [6.07, 6.45) is 1.71. The molecule has 0 aromatic carbocycles. The first-order valence-corrected chi connectivity index (χ1v) is 8.04. The Balaban J connectivity index is 2.29. The molecule has 0 bridgehead atoms. The lowest BCUT2D eigenvalue weighted by molar-refractivity contribution is 0.0316. The molecule has 1 N–H and O–H groups in total. The minimum absolute atomic E-state index is 0.0955. The zero-order valence-corrected chi connectivity index (χ0v) is 14.1. The average molecular weight is 319 g/mol. The molecule has 2 aromatic heterocycles. The van der Waals surface area contributed by atoms with Crippen LogP contribution >= 0.6 is 11.3 Å². The van der Waals surface area contributed by atoms with Gasteiger partial charge in [-0.1, -0.05) is 6.07 Å². The van der Waals surface area contributed by atoms with E-state index < -0.39 is 5.60 Å². The van der Waals surface area contributed by atoms with Crippen LogP contribution in [0.5, 0.6) is 0 Å². The highest BCUT2D eigenvalue weighted by Crippen LogP contribution is 2.27. The Morgan fingerprint density at radius 3 is 2.68 bits per heavy atom. The second-order valence-corrected chi connectivity index (χ2v) is 6.78. The van der Waals surface area contributed by atoms with Gasteiger partial charge in [-0.2, -0.15) is 0 Å². The van der Waals surface area contributed by atoms with E-state index in [2.05, 4.69) is 9.97 Å². The molecule has 0 spiro atoms. The van der Waals surface area contributed by atoms with E-state index in [1.54, 1.807) is 24.9 Å². The molecule has 0 radical (unpaired) electrons. The minimum Gasteiger partial charge on any atom is -0.389 e. The minimum atomic E-state index is -0.923. The number of hydrogen-bond acceptors (Lipinski definition) is 5. The van der Waals surface area contributed by atoms with Crippen LogP contribution in [0.4, 0.5) is 0 Å². The third kappa shape index (κ3) is 3.90. The predicted octanol–water partition coefficient (Wildman–Crippen LogP) is 2.75. The van der Waals surface area contributed by atoms with Crippen molar-refractivity contribution in [3.63, 3.8) is 0 Å². The van der Waals surface area contributed by atoms with Crippen LogP contribution in [0.1, 0.15) is 36.1 Å². The lowest BCUT2D eigenvalue weighted by Crippen LogP contribution is -2.42. The van der Waals surface area contributed by atoms with Gasteiger partial charge >= 0.3 is 0 Å². The number of aromatic nitrogens is 2. The summed E-state index contributed by atoms with van der Waals surface area (Å²) in [5, 5.41) is 10.7. The summed E-state index contributed by atoms with van der Waals surface area (Å²) < 4.78 is 0. The van der Waals surface area contributed by atoms with E-state index in [1.165, 1.54) is 11.3 Å². The number of nitrogens with zero attached hydrogens (tertiary/aromatic N) is 3. The average Bonchev–Trinajstić information content (AvgIpc) is 2.86. The maximum atomic E-state index is 12.7. The Hall–Kier alpha value is -1.79. The van der Waals surface area contributed by atoms with Crippen LogP contribution in [-0.2, 0) is 0 Å². The summed E-state index contributed by atoms with van der Waals surface area (Å²) in [5.74, 6) is -0.0955. The van der Waals surface area contributed by atoms with Crippen LogP contribution in [0.25, 0.3) is 10.7 Å². The van der Waals surface area contributed by atoms with E-state index in [4.69, 9.17) is 0 Å². The van der Waals surface area contributed by atoms with Crippen molar-refractivity contribution in [3.8, 4) is 10.7 Å². The fraction of sp³-hybridized carbons (Fsp3) is 0.438. The van der Waals surface area contributed by atoms with E-state index in [0.717, 1.165) is 10.7 Å². The van der Waals surface area contributed by atoms with E-state index in [9.17, 15) is 9.90 Å². The Morgan fingerprint density at radius 2 is 2.14 bits per heavy atom. The maximum Gasteiger partial charge on any atom is 0.265 e. The number of carbonyl (C=O) groups is 1. The largest absolute Gasteiger partial charge is 0.389 e. The molecule has 22 heavy (non-hydrogen) atoms. The second-order valence-electron chi connectivity index (χ2n) is 5.78. The molecule has 2 aromatic rings. The monoisotopic (exact) mass is 319 g/mol. The molecule has 0 aliphatic rings. The molecular formula is C16H21N3O2S. The number of likely N-dealkylation sites (N-methyl/N-ethyl adjacent to an activating group) is 1. The molecular weight excluding hydrogens is 298 g/mol. The van der Waals surface area contributed by atoms with E-state index in [1.807, 2.05) is 32.0 Å². The van der Waals surface area contributed by atoms with Gasteiger partial charge < -0.3 is 10.0 Å². The SMILES string of the molecule is CCN(CC(C)(C)O)C(=O)c1sc(-c2ccccn2)nc1C. The standard InChI is InChI=1S/C16H21N3O2S/c1-5-19(10-16(3,4)21)15(20)13-11(2)18-14(22-13)12-8-6-7-9-17-12/h6-9,21H,5,10H2,1-4H3. The van der Waals surface area contributed by atoms with Gasteiger partial charge in [0, 0.05) is 19.3 Å². The van der Waals surface area contributed by atoms with Crippen LogP contribution in [0.3, 0.4) is 0 Å². The molecule has 118 valence electrons. The third-order valence-corrected chi connectivity index (χ3v) is 4.29. The first-order chi connectivity index (χ1) is 10.3.